The summed E-state index contributed by atoms with van der Waals surface area (Å²) in [6.45, 7) is 6.32. The fraction of sp³-hybridized carbons (Fsp3) is 0.500. The molecule has 1 rings (SSSR count). The lowest BCUT2D eigenvalue weighted by atomic mass is 10.2. The van der Waals surface area contributed by atoms with E-state index in [2.05, 4.69) is 15.3 Å². The molecule has 14 heavy (non-hydrogen) atoms. The van der Waals surface area contributed by atoms with Gasteiger partial charge in [0, 0.05) is 12.7 Å². The Bertz CT molecular complexity index is 336. The molecule has 76 valence electrons. The van der Waals surface area contributed by atoms with Gasteiger partial charge in [0.15, 0.2) is 0 Å². The van der Waals surface area contributed by atoms with Gasteiger partial charge in [0.25, 0.3) is 5.91 Å². The van der Waals surface area contributed by atoms with Crippen molar-refractivity contribution in [3.05, 3.63) is 23.3 Å². The van der Waals surface area contributed by atoms with Crippen LogP contribution in [0.1, 0.15) is 35.2 Å². The lowest BCUT2D eigenvalue weighted by molar-refractivity contribution is 0.0952. The van der Waals surface area contributed by atoms with Crippen LogP contribution in [0.15, 0.2) is 6.20 Å². The topological polar surface area (TPSA) is 54.9 Å². The molecule has 0 atom stereocenters. The molecule has 4 heteroatoms. The number of hydrogen-bond donors (Lipinski definition) is 1. The van der Waals surface area contributed by atoms with Crippen molar-refractivity contribution < 1.29 is 4.79 Å². The van der Waals surface area contributed by atoms with E-state index in [0.29, 0.717) is 17.9 Å². The van der Waals surface area contributed by atoms with E-state index >= 15 is 0 Å². The summed E-state index contributed by atoms with van der Waals surface area (Å²) in [7, 11) is 0. The second-order valence-corrected chi connectivity index (χ2v) is 3.17. The van der Waals surface area contributed by atoms with E-state index in [1.54, 1.807) is 13.1 Å². The van der Waals surface area contributed by atoms with E-state index in [1.807, 2.05) is 13.8 Å². The van der Waals surface area contributed by atoms with Crippen LogP contribution in [0.5, 0.6) is 0 Å². The summed E-state index contributed by atoms with van der Waals surface area (Å²) >= 11 is 0. The van der Waals surface area contributed by atoms with Crippen molar-refractivity contribution in [3.8, 4) is 0 Å². The third-order valence-electron chi connectivity index (χ3n) is 1.88. The first-order chi connectivity index (χ1) is 6.65. The van der Waals surface area contributed by atoms with Crippen LogP contribution in [0.4, 0.5) is 0 Å². The predicted molar refractivity (Wildman–Crippen MR) is 54.1 cm³/mol. The summed E-state index contributed by atoms with van der Waals surface area (Å²) in [4.78, 5) is 19.7. The van der Waals surface area contributed by atoms with Crippen LogP contribution in [0.2, 0.25) is 0 Å². The zero-order valence-electron chi connectivity index (χ0n) is 8.79. The molecule has 1 aromatic rings. The fourth-order valence-corrected chi connectivity index (χ4v) is 1.14. The van der Waals surface area contributed by atoms with Crippen molar-refractivity contribution in [3.63, 3.8) is 0 Å². The highest BCUT2D eigenvalue weighted by atomic mass is 16.1. The number of rotatable bonds is 3. The second kappa shape index (κ2) is 4.69. The van der Waals surface area contributed by atoms with Crippen molar-refractivity contribution >= 4 is 5.91 Å². The van der Waals surface area contributed by atoms with Crippen molar-refractivity contribution in [2.45, 2.75) is 27.2 Å². The van der Waals surface area contributed by atoms with Gasteiger partial charge in [-0.1, -0.05) is 6.92 Å². The maximum absolute atomic E-state index is 11.5. The third kappa shape index (κ3) is 2.52. The number of aryl methyl sites for hydroxylation is 2. The molecule has 1 N–H and O–H groups in total. The fourth-order valence-electron chi connectivity index (χ4n) is 1.14. The van der Waals surface area contributed by atoms with Crippen molar-refractivity contribution in [2.75, 3.05) is 6.54 Å². The highest BCUT2D eigenvalue weighted by molar-refractivity contribution is 5.94. The minimum Gasteiger partial charge on any atom is -0.352 e. The molecule has 0 unspecified atom stereocenters. The van der Waals surface area contributed by atoms with Crippen LogP contribution in [-0.4, -0.2) is 22.4 Å². The molecule has 0 bridgehead atoms. The van der Waals surface area contributed by atoms with Crippen LogP contribution in [-0.2, 0) is 0 Å². The number of aromatic nitrogens is 2. The van der Waals surface area contributed by atoms with Gasteiger partial charge in [-0.15, -0.1) is 0 Å². The molecule has 0 aromatic carbocycles. The van der Waals surface area contributed by atoms with Gasteiger partial charge in [0.05, 0.1) is 11.3 Å². The number of carbonyl (C=O) groups excluding carboxylic acids is 1. The maximum Gasteiger partial charge on any atom is 0.254 e. The summed E-state index contributed by atoms with van der Waals surface area (Å²) in [6.07, 6.45) is 2.50. The Morgan fingerprint density at radius 1 is 1.50 bits per heavy atom. The average molecular weight is 193 g/mol. The first kappa shape index (κ1) is 10.6. The molecular weight excluding hydrogens is 178 g/mol. The Morgan fingerprint density at radius 2 is 2.21 bits per heavy atom. The molecule has 4 nitrogen and oxygen atoms in total. The largest absolute Gasteiger partial charge is 0.352 e. The molecule has 1 amide bonds. The molecule has 1 heterocycles. The van der Waals surface area contributed by atoms with Crippen LogP contribution < -0.4 is 5.32 Å². The number of amides is 1. The minimum atomic E-state index is -0.0932. The average Bonchev–Trinajstić information content (AvgIpc) is 2.14. The van der Waals surface area contributed by atoms with Gasteiger partial charge in [-0.25, -0.2) is 9.97 Å². The zero-order valence-corrected chi connectivity index (χ0v) is 8.79. The first-order valence-electron chi connectivity index (χ1n) is 4.73. The molecule has 0 aliphatic rings. The van der Waals surface area contributed by atoms with Gasteiger partial charge >= 0.3 is 0 Å². The van der Waals surface area contributed by atoms with E-state index in [4.69, 9.17) is 0 Å². The molecule has 0 fully saturated rings. The van der Waals surface area contributed by atoms with E-state index in [9.17, 15) is 4.79 Å². The Labute approximate surface area is 83.8 Å². The highest BCUT2D eigenvalue weighted by Gasteiger charge is 2.09. The van der Waals surface area contributed by atoms with Crippen molar-refractivity contribution in [1.82, 2.24) is 15.3 Å². The SMILES string of the molecule is CCCNC(=O)c1cnc(C)nc1C. The Morgan fingerprint density at radius 3 is 2.79 bits per heavy atom. The molecule has 0 saturated carbocycles. The van der Waals surface area contributed by atoms with Gasteiger partial charge in [0.1, 0.15) is 5.82 Å². The molecular formula is C10H15N3O. The molecule has 0 aliphatic carbocycles. The van der Waals surface area contributed by atoms with Crippen LogP contribution in [0.25, 0.3) is 0 Å². The Kier molecular flexibility index (Phi) is 3.56. The Balaban J connectivity index is 2.80. The second-order valence-electron chi connectivity index (χ2n) is 3.17. The summed E-state index contributed by atoms with van der Waals surface area (Å²) in [6, 6.07) is 0. The van der Waals surface area contributed by atoms with Gasteiger partial charge in [0.2, 0.25) is 0 Å². The quantitative estimate of drug-likeness (QED) is 0.785. The predicted octanol–water partition coefficient (Wildman–Crippen LogP) is 1.23. The van der Waals surface area contributed by atoms with Gasteiger partial charge in [-0.2, -0.15) is 0 Å². The number of hydrogen-bond acceptors (Lipinski definition) is 3. The van der Waals surface area contributed by atoms with Crippen LogP contribution >= 0.6 is 0 Å². The van der Waals surface area contributed by atoms with Crippen LogP contribution in [0.3, 0.4) is 0 Å². The lowest BCUT2D eigenvalue weighted by Crippen LogP contribution is -2.25. The highest BCUT2D eigenvalue weighted by Crippen LogP contribution is 2.03. The molecule has 1 aromatic heterocycles. The Hall–Kier alpha value is -1.45. The molecule has 0 radical (unpaired) electrons. The maximum atomic E-state index is 11.5. The van der Waals surface area contributed by atoms with Gasteiger partial charge in [-0.05, 0) is 20.3 Å². The first-order valence-corrected chi connectivity index (χ1v) is 4.73. The number of nitrogens with one attached hydrogen (secondary N) is 1. The summed E-state index contributed by atoms with van der Waals surface area (Å²) in [5.41, 5.74) is 1.29. The molecule has 0 spiro atoms. The molecule has 0 saturated heterocycles. The van der Waals surface area contributed by atoms with E-state index in [1.165, 1.54) is 0 Å². The smallest absolute Gasteiger partial charge is 0.254 e. The van der Waals surface area contributed by atoms with E-state index < -0.39 is 0 Å². The summed E-state index contributed by atoms with van der Waals surface area (Å²) < 4.78 is 0. The van der Waals surface area contributed by atoms with Gasteiger partial charge < -0.3 is 5.32 Å². The van der Waals surface area contributed by atoms with E-state index in [0.717, 1.165) is 12.1 Å². The van der Waals surface area contributed by atoms with Crippen molar-refractivity contribution in [2.24, 2.45) is 0 Å². The van der Waals surface area contributed by atoms with E-state index in [-0.39, 0.29) is 5.91 Å². The summed E-state index contributed by atoms with van der Waals surface area (Å²) in [5, 5.41) is 2.79. The number of carbonyl (C=O) groups is 1. The normalized spacial score (nSPS) is 9.93. The summed E-state index contributed by atoms with van der Waals surface area (Å²) in [5.74, 6) is 0.596. The number of nitrogens with zero attached hydrogens (tertiary/aromatic N) is 2. The standard InChI is InChI=1S/C10H15N3O/c1-4-5-11-10(14)9-6-12-8(3)13-7(9)2/h6H,4-5H2,1-3H3,(H,11,14). The zero-order chi connectivity index (χ0) is 10.6. The van der Waals surface area contributed by atoms with Crippen molar-refractivity contribution in [1.29, 1.82) is 0 Å². The minimum absolute atomic E-state index is 0.0932. The van der Waals surface area contributed by atoms with Crippen LogP contribution in [0, 0.1) is 13.8 Å². The molecule has 0 aliphatic heterocycles. The van der Waals surface area contributed by atoms with Gasteiger partial charge in [-0.3, -0.25) is 4.79 Å². The third-order valence-corrected chi connectivity index (χ3v) is 1.88. The lowest BCUT2D eigenvalue weighted by Gasteiger charge is -2.05. The monoisotopic (exact) mass is 193 g/mol.